The molecular weight excluding hydrogens is 253 g/mol. The number of carboxylic acids is 1. The quantitative estimate of drug-likeness (QED) is 0.801. The molecule has 1 aromatic rings. The van der Waals surface area contributed by atoms with Crippen molar-refractivity contribution in [1.82, 2.24) is 10.3 Å². The molecule has 1 rings (SSSR count). The molecular formula is C12H16FN3O3. The summed E-state index contributed by atoms with van der Waals surface area (Å²) in [6.07, 6.45) is 1.64. The molecule has 104 valence electrons. The van der Waals surface area contributed by atoms with Gasteiger partial charge < -0.3 is 15.3 Å². The van der Waals surface area contributed by atoms with E-state index in [1.165, 1.54) is 11.9 Å². The van der Waals surface area contributed by atoms with Gasteiger partial charge in [0.25, 0.3) is 0 Å². The van der Waals surface area contributed by atoms with Crippen LogP contribution in [0.2, 0.25) is 0 Å². The highest BCUT2D eigenvalue weighted by Gasteiger charge is 2.19. The van der Waals surface area contributed by atoms with Crippen LogP contribution in [-0.2, 0) is 4.79 Å². The van der Waals surface area contributed by atoms with Gasteiger partial charge in [0.05, 0.1) is 12.7 Å². The van der Waals surface area contributed by atoms with Gasteiger partial charge in [0, 0.05) is 13.6 Å². The average Bonchev–Trinajstić information content (AvgIpc) is 2.38. The second kappa shape index (κ2) is 6.67. The lowest BCUT2D eigenvalue weighted by Gasteiger charge is -2.23. The predicted molar refractivity (Wildman–Crippen MR) is 67.7 cm³/mol. The van der Waals surface area contributed by atoms with E-state index in [0.29, 0.717) is 13.0 Å². The number of aromatic carboxylic acids is 1. The molecule has 1 aromatic heterocycles. The van der Waals surface area contributed by atoms with Gasteiger partial charge in [-0.15, -0.1) is 0 Å². The van der Waals surface area contributed by atoms with E-state index in [1.54, 1.807) is 0 Å². The summed E-state index contributed by atoms with van der Waals surface area (Å²) in [5.41, 5.74) is -0.252. The Hall–Kier alpha value is -2.18. The molecule has 0 unspecified atom stereocenters. The van der Waals surface area contributed by atoms with Gasteiger partial charge in [-0.25, -0.2) is 14.2 Å². The second-order valence-electron chi connectivity index (χ2n) is 3.92. The summed E-state index contributed by atoms with van der Waals surface area (Å²) in [6.45, 7) is 2.32. The van der Waals surface area contributed by atoms with Crippen LogP contribution in [-0.4, -0.2) is 42.1 Å². The number of nitrogens with one attached hydrogen (secondary N) is 1. The van der Waals surface area contributed by atoms with Crippen molar-refractivity contribution in [3.8, 4) is 0 Å². The number of rotatable bonds is 6. The van der Waals surface area contributed by atoms with Gasteiger partial charge in [0.1, 0.15) is 17.2 Å². The van der Waals surface area contributed by atoms with E-state index >= 15 is 0 Å². The van der Waals surface area contributed by atoms with Crippen LogP contribution in [0.15, 0.2) is 12.3 Å². The van der Waals surface area contributed by atoms with Crippen molar-refractivity contribution in [3.63, 3.8) is 0 Å². The maximum Gasteiger partial charge on any atom is 0.339 e. The predicted octanol–water partition coefficient (Wildman–Crippen LogP) is 0.881. The SMILES string of the molecule is CCCN(CC(=O)NC)c1ncc(F)cc1C(=O)O. The van der Waals surface area contributed by atoms with E-state index < -0.39 is 11.8 Å². The highest BCUT2D eigenvalue weighted by Crippen LogP contribution is 2.18. The van der Waals surface area contributed by atoms with Crippen molar-refractivity contribution in [2.24, 2.45) is 0 Å². The van der Waals surface area contributed by atoms with E-state index in [4.69, 9.17) is 5.11 Å². The summed E-state index contributed by atoms with van der Waals surface area (Å²) in [6, 6.07) is 0.900. The Kier molecular flexibility index (Phi) is 5.23. The number of anilines is 1. The minimum absolute atomic E-state index is 0.0246. The fraction of sp³-hybridized carbons (Fsp3) is 0.417. The molecule has 0 radical (unpaired) electrons. The normalized spacial score (nSPS) is 10.1. The molecule has 7 heteroatoms. The molecule has 1 heterocycles. The summed E-state index contributed by atoms with van der Waals surface area (Å²) in [7, 11) is 1.49. The molecule has 0 aliphatic rings. The third-order valence-corrected chi connectivity index (χ3v) is 2.47. The Morgan fingerprint density at radius 3 is 2.74 bits per heavy atom. The van der Waals surface area contributed by atoms with Crippen LogP contribution >= 0.6 is 0 Å². The smallest absolute Gasteiger partial charge is 0.339 e. The molecule has 0 saturated heterocycles. The third-order valence-electron chi connectivity index (χ3n) is 2.47. The first-order chi connectivity index (χ1) is 8.99. The van der Waals surface area contributed by atoms with Gasteiger partial charge in [0.15, 0.2) is 0 Å². The molecule has 19 heavy (non-hydrogen) atoms. The number of likely N-dealkylation sites (N-methyl/N-ethyl adjacent to an activating group) is 1. The first-order valence-corrected chi connectivity index (χ1v) is 5.84. The number of carboxylic acid groups (broad SMARTS) is 1. The lowest BCUT2D eigenvalue weighted by atomic mass is 10.2. The fourth-order valence-electron chi connectivity index (χ4n) is 1.62. The largest absolute Gasteiger partial charge is 0.478 e. The van der Waals surface area contributed by atoms with Gasteiger partial charge in [0.2, 0.25) is 5.91 Å². The Bertz CT molecular complexity index is 479. The molecule has 0 aliphatic carbocycles. The zero-order valence-electron chi connectivity index (χ0n) is 10.8. The van der Waals surface area contributed by atoms with E-state index in [2.05, 4.69) is 10.3 Å². The number of hydrogen-bond acceptors (Lipinski definition) is 4. The van der Waals surface area contributed by atoms with Gasteiger partial charge in [-0.2, -0.15) is 0 Å². The van der Waals surface area contributed by atoms with Gasteiger partial charge in [-0.1, -0.05) is 6.92 Å². The minimum Gasteiger partial charge on any atom is -0.478 e. The highest BCUT2D eigenvalue weighted by molar-refractivity contribution is 5.94. The molecule has 6 nitrogen and oxygen atoms in total. The summed E-state index contributed by atoms with van der Waals surface area (Å²) < 4.78 is 13.1. The molecule has 0 bridgehead atoms. The monoisotopic (exact) mass is 269 g/mol. The van der Waals surface area contributed by atoms with E-state index in [1.807, 2.05) is 6.92 Å². The zero-order valence-corrected chi connectivity index (χ0v) is 10.8. The first-order valence-electron chi connectivity index (χ1n) is 5.84. The molecule has 0 spiro atoms. The van der Waals surface area contributed by atoms with Crippen LogP contribution in [0.5, 0.6) is 0 Å². The van der Waals surface area contributed by atoms with Crippen molar-refractivity contribution in [2.75, 3.05) is 25.0 Å². The Balaban J connectivity index is 3.14. The van der Waals surface area contributed by atoms with Crippen LogP contribution in [0.25, 0.3) is 0 Å². The van der Waals surface area contributed by atoms with Gasteiger partial charge >= 0.3 is 5.97 Å². The number of carbonyl (C=O) groups excluding carboxylic acids is 1. The van der Waals surface area contributed by atoms with Gasteiger partial charge in [-0.05, 0) is 12.5 Å². The summed E-state index contributed by atoms with van der Waals surface area (Å²) in [5, 5.41) is 11.5. The second-order valence-corrected chi connectivity index (χ2v) is 3.92. The van der Waals surface area contributed by atoms with E-state index in [0.717, 1.165) is 12.3 Å². The summed E-state index contributed by atoms with van der Waals surface area (Å²) in [4.78, 5) is 27.8. The maximum atomic E-state index is 13.1. The number of nitrogens with zero attached hydrogens (tertiary/aromatic N) is 2. The Morgan fingerprint density at radius 1 is 1.53 bits per heavy atom. The lowest BCUT2D eigenvalue weighted by Crippen LogP contribution is -2.37. The van der Waals surface area contributed by atoms with Crippen molar-refractivity contribution in [1.29, 1.82) is 0 Å². The topological polar surface area (TPSA) is 82.5 Å². The van der Waals surface area contributed by atoms with Crippen LogP contribution in [0.4, 0.5) is 10.2 Å². The number of halogens is 1. The minimum atomic E-state index is -1.28. The molecule has 2 N–H and O–H groups in total. The van der Waals surface area contributed by atoms with Crippen molar-refractivity contribution >= 4 is 17.7 Å². The molecule has 0 aliphatic heterocycles. The Morgan fingerprint density at radius 2 is 2.21 bits per heavy atom. The number of aromatic nitrogens is 1. The third kappa shape index (κ3) is 3.90. The van der Waals surface area contributed by atoms with Crippen LogP contribution in [0, 0.1) is 5.82 Å². The van der Waals surface area contributed by atoms with Crippen LogP contribution < -0.4 is 10.2 Å². The Labute approximate surface area is 110 Å². The van der Waals surface area contributed by atoms with E-state index in [9.17, 15) is 14.0 Å². The standard InChI is InChI=1S/C12H16FN3O3/c1-3-4-16(7-10(17)14-2)11-9(12(18)19)5-8(13)6-15-11/h5-6H,3-4,7H2,1-2H3,(H,14,17)(H,18,19). The number of pyridine rings is 1. The molecule has 0 aromatic carbocycles. The first kappa shape index (κ1) is 14.9. The summed E-state index contributed by atoms with van der Waals surface area (Å²) in [5.74, 6) is -2.17. The van der Waals surface area contributed by atoms with E-state index in [-0.39, 0.29) is 23.8 Å². The molecule has 0 atom stereocenters. The molecule has 0 saturated carbocycles. The van der Waals surface area contributed by atoms with Crippen LogP contribution in [0.3, 0.4) is 0 Å². The number of carbonyl (C=O) groups is 2. The molecule has 1 amide bonds. The maximum absolute atomic E-state index is 13.1. The van der Waals surface area contributed by atoms with Crippen LogP contribution in [0.1, 0.15) is 23.7 Å². The average molecular weight is 269 g/mol. The van der Waals surface area contributed by atoms with Crippen molar-refractivity contribution in [3.05, 3.63) is 23.6 Å². The highest BCUT2D eigenvalue weighted by atomic mass is 19.1. The number of hydrogen-bond donors (Lipinski definition) is 2. The zero-order chi connectivity index (χ0) is 14.4. The van der Waals surface area contributed by atoms with Crippen molar-refractivity contribution in [2.45, 2.75) is 13.3 Å². The molecule has 0 fully saturated rings. The van der Waals surface area contributed by atoms with Crippen molar-refractivity contribution < 1.29 is 19.1 Å². The number of amides is 1. The fourth-order valence-corrected chi connectivity index (χ4v) is 1.62. The lowest BCUT2D eigenvalue weighted by molar-refractivity contribution is -0.119. The van der Waals surface area contributed by atoms with Gasteiger partial charge in [-0.3, -0.25) is 4.79 Å². The summed E-state index contributed by atoms with van der Waals surface area (Å²) >= 11 is 0.